The van der Waals surface area contributed by atoms with Crippen LogP contribution in [0.2, 0.25) is 0 Å². The lowest BCUT2D eigenvalue weighted by Gasteiger charge is -2.07. The molecule has 0 aromatic carbocycles. The van der Waals surface area contributed by atoms with Crippen LogP contribution in [0.25, 0.3) is 0 Å². The number of carbonyl (C=O) groups is 1. The number of hydrogen-bond acceptors (Lipinski definition) is 4. The second kappa shape index (κ2) is 18.4. The Kier molecular flexibility index (Phi) is 18.2. The fourth-order valence-electron chi connectivity index (χ4n) is 0.758. The van der Waals surface area contributed by atoms with Gasteiger partial charge in [0.05, 0.1) is 6.61 Å². The number of aliphatic hydroxyl groups is 2. The number of amides is 1. The van der Waals surface area contributed by atoms with Gasteiger partial charge in [0.1, 0.15) is 13.2 Å². The summed E-state index contributed by atoms with van der Waals surface area (Å²) >= 11 is 0. The van der Waals surface area contributed by atoms with Crippen molar-refractivity contribution in [2.75, 3.05) is 33.9 Å². The largest absolute Gasteiger partial charge is 0.450 e. The number of aliphatic hydroxyl groups excluding tert-OH is 2. The van der Waals surface area contributed by atoms with Gasteiger partial charge in [-0.2, -0.15) is 0 Å². The van der Waals surface area contributed by atoms with Crippen molar-refractivity contribution in [1.82, 2.24) is 4.90 Å². The molecule has 0 rings (SSSR count). The quantitative estimate of drug-likeness (QED) is 0.575. The minimum absolute atomic E-state index is 0.161. The van der Waals surface area contributed by atoms with Crippen LogP contribution in [0.1, 0.15) is 19.8 Å². The van der Waals surface area contributed by atoms with Gasteiger partial charge in [0.25, 0.3) is 0 Å². The molecule has 0 aliphatic rings. The van der Waals surface area contributed by atoms with E-state index in [1.165, 1.54) is 4.90 Å². The number of unbranched alkanes of at least 4 members (excludes halogenated alkanes) is 1. The predicted molar refractivity (Wildman–Crippen MR) is 85.2 cm³/mol. The topological polar surface area (TPSA) is 70.0 Å². The van der Waals surface area contributed by atoms with E-state index in [1.807, 2.05) is 0 Å². The zero-order valence-corrected chi connectivity index (χ0v) is 13.2. The van der Waals surface area contributed by atoms with Crippen LogP contribution < -0.4 is 0 Å². The maximum absolute atomic E-state index is 10.4. The van der Waals surface area contributed by atoms with Gasteiger partial charge in [-0.25, -0.2) is 4.79 Å². The van der Waals surface area contributed by atoms with E-state index in [0.717, 1.165) is 0 Å². The normalized spacial score (nSPS) is 6.95. The Morgan fingerprint density at radius 3 is 1.59 bits per heavy atom. The molecular weight excluding hydrogens is 282 g/mol. The Morgan fingerprint density at radius 2 is 1.32 bits per heavy atom. The first kappa shape index (κ1) is 21.7. The van der Waals surface area contributed by atoms with Crippen molar-refractivity contribution in [3.05, 3.63) is 0 Å². The van der Waals surface area contributed by atoms with E-state index in [4.69, 9.17) is 10.2 Å². The molecule has 5 nitrogen and oxygen atoms in total. The summed E-state index contributed by atoms with van der Waals surface area (Å²) in [6.45, 7) is 1.90. The lowest BCUT2D eigenvalue weighted by atomic mass is 10.3. The molecule has 0 saturated heterocycles. The second-order valence-electron chi connectivity index (χ2n) is 3.62. The monoisotopic (exact) mass is 303 g/mol. The summed E-state index contributed by atoms with van der Waals surface area (Å²) in [4.78, 5) is 11.8. The summed E-state index contributed by atoms with van der Waals surface area (Å²) in [5.41, 5.74) is 0. The first-order chi connectivity index (χ1) is 10.6. The third-order valence-electron chi connectivity index (χ3n) is 1.64. The maximum Gasteiger partial charge on any atom is 0.409 e. The molecule has 0 radical (unpaired) electrons. The average molecular weight is 303 g/mol. The van der Waals surface area contributed by atoms with Gasteiger partial charge in [0.2, 0.25) is 0 Å². The zero-order valence-electron chi connectivity index (χ0n) is 13.2. The molecule has 0 bridgehead atoms. The van der Waals surface area contributed by atoms with Crippen LogP contribution in [0.5, 0.6) is 0 Å². The highest BCUT2D eigenvalue weighted by atomic mass is 16.5. The Bertz CT molecular complexity index is 496. The van der Waals surface area contributed by atoms with Gasteiger partial charge in [-0.1, -0.05) is 23.7 Å². The van der Waals surface area contributed by atoms with E-state index in [0.29, 0.717) is 19.4 Å². The van der Waals surface area contributed by atoms with Crippen molar-refractivity contribution < 1.29 is 19.7 Å². The molecule has 0 aromatic rings. The van der Waals surface area contributed by atoms with Crippen LogP contribution in [0.15, 0.2) is 0 Å². The molecule has 0 unspecified atom stereocenters. The fourth-order valence-corrected chi connectivity index (χ4v) is 0.758. The van der Waals surface area contributed by atoms with E-state index < -0.39 is 0 Å². The molecule has 0 saturated carbocycles. The first-order valence-corrected chi connectivity index (χ1v) is 6.57. The van der Waals surface area contributed by atoms with Crippen molar-refractivity contribution in [2.24, 2.45) is 0 Å². The molecule has 1 amide bonds. The Balaban J connectivity index is 0. The highest BCUT2D eigenvalue weighted by molar-refractivity contribution is 5.66. The Hall–Kier alpha value is -2.57. The molecule has 0 spiro atoms. The van der Waals surface area contributed by atoms with Gasteiger partial charge in [0, 0.05) is 26.9 Å². The molecule has 2 N–H and O–H groups in total. The fraction of sp³-hybridized carbons (Fsp3) is 0.471. The molecule has 0 heterocycles. The van der Waals surface area contributed by atoms with Crippen molar-refractivity contribution in [1.29, 1.82) is 0 Å². The summed E-state index contributed by atoms with van der Waals surface area (Å²) in [6.07, 6.45) is 0.981. The average Bonchev–Trinajstić information content (AvgIpc) is 2.50. The van der Waals surface area contributed by atoms with Gasteiger partial charge >= 0.3 is 6.09 Å². The lowest BCUT2D eigenvalue weighted by molar-refractivity contribution is 0.124. The summed E-state index contributed by atoms with van der Waals surface area (Å²) in [7, 11) is 3.30. The smallest absolute Gasteiger partial charge is 0.409 e. The lowest BCUT2D eigenvalue weighted by Crippen LogP contribution is -2.22. The molecule has 0 fully saturated rings. The zero-order chi connectivity index (χ0) is 17.1. The molecule has 22 heavy (non-hydrogen) atoms. The number of carbonyl (C=O) groups excluding carboxylic acids is 1. The number of hydrogen-bond donors (Lipinski definition) is 2. The van der Waals surface area contributed by atoms with Crippen molar-refractivity contribution in [2.45, 2.75) is 19.8 Å². The van der Waals surface area contributed by atoms with Gasteiger partial charge in [-0.05, 0) is 30.6 Å². The highest BCUT2D eigenvalue weighted by Crippen LogP contribution is 1.82. The van der Waals surface area contributed by atoms with E-state index in [9.17, 15) is 4.79 Å². The van der Waals surface area contributed by atoms with Gasteiger partial charge < -0.3 is 19.8 Å². The van der Waals surface area contributed by atoms with Crippen LogP contribution in [0, 0.1) is 47.4 Å². The molecule has 5 heteroatoms. The first-order valence-electron chi connectivity index (χ1n) is 6.57. The van der Waals surface area contributed by atoms with Crippen LogP contribution >= 0.6 is 0 Å². The minimum atomic E-state index is -0.285. The second-order valence-corrected chi connectivity index (χ2v) is 3.62. The molecule has 0 aliphatic heterocycles. The number of rotatable bonds is 2. The number of ether oxygens (including phenoxy) is 1. The molecule has 118 valence electrons. The third-order valence-corrected chi connectivity index (χ3v) is 1.64. The highest BCUT2D eigenvalue weighted by Gasteiger charge is 1.99. The number of nitrogens with zero attached hydrogens (tertiary/aromatic N) is 1. The van der Waals surface area contributed by atoms with E-state index >= 15 is 0 Å². The van der Waals surface area contributed by atoms with Crippen LogP contribution in [0.4, 0.5) is 4.79 Å². The minimum Gasteiger partial charge on any atom is -0.450 e. The molecular formula is C17H21NO4. The van der Waals surface area contributed by atoms with Crippen LogP contribution in [-0.2, 0) is 4.74 Å². The van der Waals surface area contributed by atoms with Crippen molar-refractivity contribution in [3.8, 4) is 47.4 Å². The summed E-state index contributed by atoms with van der Waals surface area (Å²) in [5, 5.41) is 16.6. The Labute approximate surface area is 132 Å². The van der Waals surface area contributed by atoms with Crippen LogP contribution in [-0.4, -0.2) is 55.1 Å². The van der Waals surface area contributed by atoms with Crippen LogP contribution in [0.3, 0.4) is 0 Å². The SMILES string of the molecule is CCOC(=O)N(C)C.OCC#CC#CCCC#CC#CCO. The van der Waals surface area contributed by atoms with E-state index in [1.54, 1.807) is 21.0 Å². The van der Waals surface area contributed by atoms with Gasteiger partial charge in [0.15, 0.2) is 0 Å². The molecule has 0 aliphatic carbocycles. The Morgan fingerprint density at radius 1 is 0.909 bits per heavy atom. The summed E-state index contributed by atoms with van der Waals surface area (Å²) < 4.78 is 4.59. The maximum atomic E-state index is 10.4. The molecule has 0 atom stereocenters. The predicted octanol–water partition coefficient (Wildman–Crippen LogP) is 0.469. The van der Waals surface area contributed by atoms with Gasteiger partial charge in [-0.3, -0.25) is 0 Å². The van der Waals surface area contributed by atoms with Gasteiger partial charge in [-0.15, -0.1) is 0 Å². The van der Waals surface area contributed by atoms with E-state index in [2.05, 4.69) is 52.1 Å². The standard InChI is InChI=1S/C12H10O2.C5H11NO2/c13-11-9-7-5-3-1-2-4-6-8-10-12-14;1-4-8-5(7)6(2)3/h13-14H,1-2,11-12H2;4H2,1-3H3. The van der Waals surface area contributed by atoms with Crippen molar-refractivity contribution >= 4 is 6.09 Å². The van der Waals surface area contributed by atoms with Crippen molar-refractivity contribution in [3.63, 3.8) is 0 Å². The van der Waals surface area contributed by atoms with E-state index in [-0.39, 0.29) is 19.3 Å². The summed E-state index contributed by atoms with van der Waals surface area (Å²) in [5.74, 6) is 20.5. The molecule has 0 aromatic heterocycles. The third kappa shape index (κ3) is 19.8. The summed E-state index contributed by atoms with van der Waals surface area (Å²) in [6, 6.07) is 0.